The molecular weight excluding hydrogens is 392 g/mol. The molecule has 8 heteroatoms. The van der Waals surface area contributed by atoms with E-state index in [0.717, 1.165) is 12.8 Å². The third kappa shape index (κ3) is 5.50. The fourth-order valence-corrected chi connectivity index (χ4v) is 3.64. The van der Waals surface area contributed by atoms with Gasteiger partial charge in [-0.25, -0.2) is 0 Å². The molecule has 0 atom stereocenters. The lowest BCUT2D eigenvalue weighted by molar-refractivity contribution is -0.130. The highest BCUT2D eigenvalue weighted by molar-refractivity contribution is 6.31. The third-order valence-electron chi connectivity index (χ3n) is 5.18. The fraction of sp³-hybridized carbons (Fsp3) is 0.476. The Morgan fingerprint density at radius 1 is 1.31 bits per heavy atom. The van der Waals surface area contributed by atoms with Gasteiger partial charge in [0.25, 0.3) is 5.91 Å². The number of benzene rings is 1. The number of piperidine rings is 1. The summed E-state index contributed by atoms with van der Waals surface area (Å²) in [5.74, 6) is 0.512. The standard InChI is InChI=1S/C21H27ClN4O3/c1-3-24(13-14-26-10-4-9-23-26)21(28)19-15-17(22)5-6-20(19)29-18-7-11-25(12-8-18)16(2)27/h4-6,9-10,15,18H,3,7-8,11-14H2,1-2H3. The molecule has 1 fully saturated rings. The second kappa shape index (κ2) is 9.78. The molecule has 7 nitrogen and oxygen atoms in total. The highest BCUT2D eigenvalue weighted by Gasteiger charge is 2.25. The Morgan fingerprint density at radius 3 is 2.69 bits per heavy atom. The van der Waals surface area contributed by atoms with Gasteiger partial charge in [-0.1, -0.05) is 11.6 Å². The Morgan fingerprint density at radius 2 is 2.07 bits per heavy atom. The zero-order valence-electron chi connectivity index (χ0n) is 16.9. The number of hydrogen-bond donors (Lipinski definition) is 0. The number of carbonyl (C=O) groups is 2. The van der Waals surface area contributed by atoms with E-state index < -0.39 is 0 Å². The van der Waals surface area contributed by atoms with Gasteiger partial charge in [-0.3, -0.25) is 14.3 Å². The van der Waals surface area contributed by atoms with Crippen LogP contribution in [0.25, 0.3) is 0 Å². The molecule has 0 saturated carbocycles. The number of likely N-dealkylation sites (tertiary alicyclic amines) is 1. The van der Waals surface area contributed by atoms with E-state index >= 15 is 0 Å². The summed E-state index contributed by atoms with van der Waals surface area (Å²) < 4.78 is 7.97. The molecule has 2 aromatic rings. The van der Waals surface area contributed by atoms with Crippen molar-refractivity contribution in [3.8, 4) is 5.75 Å². The molecule has 0 unspecified atom stereocenters. The molecular formula is C21H27ClN4O3. The van der Waals surface area contributed by atoms with Crippen LogP contribution in [0.4, 0.5) is 0 Å². The van der Waals surface area contributed by atoms with Crippen LogP contribution in [0.15, 0.2) is 36.7 Å². The lowest BCUT2D eigenvalue weighted by atomic mass is 10.1. The molecule has 1 saturated heterocycles. The van der Waals surface area contributed by atoms with Gasteiger partial charge in [0.05, 0.1) is 12.1 Å². The smallest absolute Gasteiger partial charge is 0.257 e. The fourth-order valence-electron chi connectivity index (χ4n) is 3.47. The Labute approximate surface area is 176 Å². The van der Waals surface area contributed by atoms with Gasteiger partial charge in [0, 0.05) is 63.4 Å². The number of ether oxygens (including phenoxy) is 1. The first kappa shape index (κ1) is 21.2. The van der Waals surface area contributed by atoms with Crippen molar-refractivity contribution in [3.63, 3.8) is 0 Å². The number of rotatable bonds is 7. The first-order chi connectivity index (χ1) is 14.0. The van der Waals surface area contributed by atoms with Crippen molar-refractivity contribution in [2.75, 3.05) is 26.2 Å². The summed E-state index contributed by atoms with van der Waals surface area (Å²) in [6.07, 6.45) is 5.05. The van der Waals surface area contributed by atoms with Crippen LogP contribution in [0.1, 0.15) is 37.0 Å². The molecule has 2 heterocycles. The van der Waals surface area contributed by atoms with Crippen LogP contribution in [0.3, 0.4) is 0 Å². The van der Waals surface area contributed by atoms with Gasteiger partial charge in [-0.2, -0.15) is 5.10 Å². The quantitative estimate of drug-likeness (QED) is 0.693. The monoisotopic (exact) mass is 418 g/mol. The maximum Gasteiger partial charge on any atom is 0.257 e. The molecule has 0 bridgehead atoms. The molecule has 0 N–H and O–H groups in total. The van der Waals surface area contributed by atoms with Crippen molar-refractivity contribution in [1.82, 2.24) is 19.6 Å². The van der Waals surface area contributed by atoms with E-state index in [1.807, 2.05) is 24.1 Å². The molecule has 1 aliphatic rings. The SMILES string of the molecule is CCN(CCn1cccn1)C(=O)c1cc(Cl)ccc1OC1CCN(C(C)=O)CC1. The number of hydrogen-bond acceptors (Lipinski definition) is 4. The Balaban J connectivity index is 1.70. The minimum Gasteiger partial charge on any atom is -0.489 e. The van der Waals surface area contributed by atoms with Gasteiger partial charge >= 0.3 is 0 Å². The van der Waals surface area contributed by atoms with Crippen LogP contribution in [-0.4, -0.2) is 63.7 Å². The third-order valence-corrected chi connectivity index (χ3v) is 5.42. The summed E-state index contributed by atoms with van der Waals surface area (Å²) in [6, 6.07) is 7.02. The van der Waals surface area contributed by atoms with Gasteiger partial charge in [-0.05, 0) is 31.2 Å². The van der Waals surface area contributed by atoms with Crippen molar-refractivity contribution in [3.05, 3.63) is 47.2 Å². The second-order valence-corrected chi connectivity index (χ2v) is 7.55. The van der Waals surface area contributed by atoms with Gasteiger partial charge < -0.3 is 14.5 Å². The maximum absolute atomic E-state index is 13.2. The van der Waals surface area contributed by atoms with Crippen molar-refractivity contribution in [2.45, 2.75) is 39.3 Å². The normalized spacial score (nSPS) is 14.7. The molecule has 1 aromatic carbocycles. The largest absolute Gasteiger partial charge is 0.489 e. The topological polar surface area (TPSA) is 67.7 Å². The summed E-state index contributed by atoms with van der Waals surface area (Å²) in [5.41, 5.74) is 0.466. The molecule has 1 aromatic heterocycles. The molecule has 0 aliphatic carbocycles. The van der Waals surface area contributed by atoms with Crippen LogP contribution in [0, 0.1) is 0 Å². The van der Waals surface area contributed by atoms with E-state index in [9.17, 15) is 9.59 Å². The van der Waals surface area contributed by atoms with Crippen molar-refractivity contribution in [2.24, 2.45) is 0 Å². The first-order valence-corrected chi connectivity index (χ1v) is 10.3. The van der Waals surface area contributed by atoms with E-state index in [-0.39, 0.29) is 17.9 Å². The van der Waals surface area contributed by atoms with Crippen molar-refractivity contribution < 1.29 is 14.3 Å². The van der Waals surface area contributed by atoms with Crippen LogP contribution < -0.4 is 4.74 Å². The summed E-state index contributed by atoms with van der Waals surface area (Å²) >= 11 is 6.18. The number of amides is 2. The number of likely N-dealkylation sites (N-methyl/N-ethyl adjacent to an activating group) is 1. The van der Waals surface area contributed by atoms with Crippen LogP contribution in [-0.2, 0) is 11.3 Å². The predicted octanol–water partition coefficient (Wildman–Crippen LogP) is 3.09. The molecule has 3 rings (SSSR count). The number of halogens is 1. The van der Waals surface area contributed by atoms with E-state index in [1.165, 1.54) is 0 Å². The van der Waals surface area contributed by atoms with E-state index in [1.54, 1.807) is 40.9 Å². The Kier molecular flexibility index (Phi) is 7.14. The van der Waals surface area contributed by atoms with Crippen LogP contribution in [0.2, 0.25) is 5.02 Å². The number of carbonyl (C=O) groups excluding carboxylic acids is 2. The van der Waals surface area contributed by atoms with E-state index in [4.69, 9.17) is 16.3 Å². The van der Waals surface area contributed by atoms with Gasteiger partial charge in [0.1, 0.15) is 11.9 Å². The summed E-state index contributed by atoms with van der Waals surface area (Å²) in [5, 5.41) is 4.68. The summed E-state index contributed by atoms with van der Waals surface area (Å²) in [4.78, 5) is 28.3. The Bertz CT molecular complexity index is 832. The molecule has 0 radical (unpaired) electrons. The minimum atomic E-state index is -0.113. The molecule has 156 valence electrons. The lowest BCUT2D eigenvalue weighted by Gasteiger charge is -2.32. The summed E-state index contributed by atoms with van der Waals surface area (Å²) in [6.45, 7) is 6.60. The van der Waals surface area contributed by atoms with Gasteiger partial charge in [0.2, 0.25) is 5.91 Å². The zero-order chi connectivity index (χ0) is 20.8. The molecule has 0 spiro atoms. The van der Waals surface area contributed by atoms with Crippen molar-refractivity contribution >= 4 is 23.4 Å². The lowest BCUT2D eigenvalue weighted by Crippen LogP contribution is -2.41. The summed E-state index contributed by atoms with van der Waals surface area (Å²) in [7, 11) is 0. The average molecular weight is 419 g/mol. The maximum atomic E-state index is 13.2. The zero-order valence-corrected chi connectivity index (χ0v) is 17.6. The van der Waals surface area contributed by atoms with Crippen LogP contribution in [0.5, 0.6) is 5.75 Å². The van der Waals surface area contributed by atoms with E-state index in [0.29, 0.717) is 49.1 Å². The van der Waals surface area contributed by atoms with E-state index in [2.05, 4.69) is 5.10 Å². The predicted molar refractivity (Wildman–Crippen MR) is 111 cm³/mol. The highest BCUT2D eigenvalue weighted by Crippen LogP contribution is 2.27. The minimum absolute atomic E-state index is 0.0301. The van der Waals surface area contributed by atoms with Gasteiger partial charge in [-0.15, -0.1) is 0 Å². The molecule has 2 amide bonds. The number of nitrogens with zero attached hydrogens (tertiary/aromatic N) is 4. The average Bonchev–Trinajstić information content (AvgIpc) is 3.23. The van der Waals surface area contributed by atoms with Gasteiger partial charge in [0.15, 0.2) is 0 Å². The Hall–Kier alpha value is -2.54. The van der Waals surface area contributed by atoms with Crippen LogP contribution >= 0.6 is 11.6 Å². The number of aromatic nitrogens is 2. The molecule has 29 heavy (non-hydrogen) atoms. The highest BCUT2D eigenvalue weighted by atomic mass is 35.5. The molecule has 1 aliphatic heterocycles. The van der Waals surface area contributed by atoms with Crippen molar-refractivity contribution in [1.29, 1.82) is 0 Å². The second-order valence-electron chi connectivity index (χ2n) is 7.12. The first-order valence-electron chi connectivity index (χ1n) is 9.96.